The van der Waals surface area contributed by atoms with Crippen molar-refractivity contribution in [1.82, 2.24) is 14.7 Å². The van der Waals surface area contributed by atoms with Crippen LogP contribution >= 0.6 is 0 Å². The number of hydrogen-bond acceptors (Lipinski definition) is 6. The second-order valence-electron chi connectivity index (χ2n) is 7.17. The van der Waals surface area contributed by atoms with E-state index in [0.29, 0.717) is 12.7 Å². The number of methoxy groups -OCH3 is 1. The molecule has 11 heteroatoms. The zero-order valence-corrected chi connectivity index (χ0v) is 17.2. The summed E-state index contributed by atoms with van der Waals surface area (Å²) in [7, 11) is 1.76. The molecule has 0 radical (unpaired) electrons. The molecule has 0 aliphatic carbocycles. The molecule has 1 unspecified atom stereocenters. The predicted octanol–water partition coefficient (Wildman–Crippen LogP) is 3.01. The monoisotopic (exact) mass is 443 g/mol. The topological polar surface area (TPSA) is 86.0 Å². The highest BCUT2D eigenvalue weighted by Crippen LogP contribution is 2.34. The number of aliphatic carboxylic acids is 1. The lowest BCUT2D eigenvalue weighted by Crippen LogP contribution is -2.35. The molecule has 1 atom stereocenters. The highest BCUT2D eigenvalue weighted by Gasteiger charge is 2.38. The lowest BCUT2D eigenvalue weighted by atomic mass is 9.95. The van der Waals surface area contributed by atoms with E-state index < -0.39 is 12.1 Å². The standard InChI is InChI=1S/C18H23N3O3.C2HF3O2/c1-3-21-16-10-20(9-14(11-22-2)15(16)7-19-21)8-13-4-5-17-18(6-13)24-12-23-17;3-2(4,5)1(6)7/h4-7,14H,3,8-12H2,1-2H3;(H,6,7). The number of halogens is 3. The van der Waals surface area contributed by atoms with E-state index in [4.69, 9.17) is 24.1 Å². The Bertz CT molecular complexity index is 916. The number of hydrogen-bond donors (Lipinski definition) is 1. The van der Waals surface area contributed by atoms with Crippen LogP contribution in [0.4, 0.5) is 13.2 Å². The van der Waals surface area contributed by atoms with Gasteiger partial charge < -0.3 is 19.3 Å². The number of aryl methyl sites for hydroxylation is 1. The van der Waals surface area contributed by atoms with E-state index in [0.717, 1.165) is 44.3 Å². The third-order valence-corrected chi connectivity index (χ3v) is 5.03. The molecule has 31 heavy (non-hydrogen) atoms. The zero-order valence-electron chi connectivity index (χ0n) is 17.2. The van der Waals surface area contributed by atoms with Gasteiger partial charge in [-0.15, -0.1) is 0 Å². The van der Waals surface area contributed by atoms with E-state index >= 15 is 0 Å². The molecule has 0 saturated heterocycles. The van der Waals surface area contributed by atoms with Crippen molar-refractivity contribution in [3.63, 3.8) is 0 Å². The summed E-state index contributed by atoms with van der Waals surface area (Å²) in [5, 5.41) is 11.7. The summed E-state index contributed by atoms with van der Waals surface area (Å²) in [5.41, 5.74) is 3.88. The third kappa shape index (κ3) is 5.47. The minimum absolute atomic E-state index is 0.317. The number of ether oxygens (including phenoxy) is 3. The first-order valence-corrected chi connectivity index (χ1v) is 9.67. The van der Waals surface area contributed by atoms with E-state index in [-0.39, 0.29) is 0 Å². The van der Waals surface area contributed by atoms with Gasteiger partial charge in [0.05, 0.1) is 18.5 Å². The summed E-state index contributed by atoms with van der Waals surface area (Å²) in [6.45, 7) is 6.84. The SMILES string of the molecule is CCn1ncc2c1CN(Cc1ccc3c(c1)OCO3)CC2COC.O=C(O)C(F)(F)F. The Kier molecular flexibility index (Phi) is 7.06. The number of nitrogens with zero attached hydrogens (tertiary/aromatic N) is 3. The second kappa shape index (κ2) is 9.56. The van der Waals surface area contributed by atoms with Crippen LogP contribution in [-0.4, -0.2) is 59.0 Å². The van der Waals surface area contributed by atoms with Crippen LogP contribution in [0, 0.1) is 0 Å². The average molecular weight is 443 g/mol. The maximum atomic E-state index is 10.6. The van der Waals surface area contributed by atoms with Crippen LogP contribution in [0.2, 0.25) is 0 Å². The number of carbonyl (C=O) groups is 1. The molecule has 0 bridgehead atoms. The van der Waals surface area contributed by atoms with E-state index in [2.05, 4.69) is 33.7 Å². The Morgan fingerprint density at radius 3 is 2.68 bits per heavy atom. The first kappa shape index (κ1) is 22.9. The Morgan fingerprint density at radius 1 is 1.32 bits per heavy atom. The molecule has 0 amide bonds. The molecule has 0 spiro atoms. The first-order valence-electron chi connectivity index (χ1n) is 9.67. The number of alkyl halides is 3. The summed E-state index contributed by atoms with van der Waals surface area (Å²) in [6, 6.07) is 6.20. The molecule has 170 valence electrons. The van der Waals surface area contributed by atoms with Crippen LogP contribution in [0.15, 0.2) is 24.4 Å². The zero-order chi connectivity index (χ0) is 22.6. The number of aromatic nitrogens is 2. The lowest BCUT2D eigenvalue weighted by Gasteiger charge is -2.33. The Labute approximate surface area is 177 Å². The highest BCUT2D eigenvalue weighted by molar-refractivity contribution is 5.73. The summed E-state index contributed by atoms with van der Waals surface area (Å²) in [6.07, 6.45) is -3.07. The van der Waals surface area contributed by atoms with Crippen molar-refractivity contribution in [2.45, 2.75) is 38.7 Å². The van der Waals surface area contributed by atoms with Gasteiger partial charge in [0.15, 0.2) is 11.5 Å². The van der Waals surface area contributed by atoms with Crippen molar-refractivity contribution < 1.29 is 37.3 Å². The lowest BCUT2D eigenvalue weighted by molar-refractivity contribution is -0.192. The van der Waals surface area contributed by atoms with Crippen LogP contribution in [0.1, 0.15) is 29.7 Å². The van der Waals surface area contributed by atoms with E-state index in [9.17, 15) is 13.2 Å². The molecule has 1 N–H and O–H groups in total. The Balaban J connectivity index is 0.000000339. The largest absolute Gasteiger partial charge is 0.490 e. The van der Waals surface area contributed by atoms with Crippen LogP contribution < -0.4 is 9.47 Å². The number of fused-ring (bicyclic) bond motifs is 2. The fourth-order valence-electron chi connectivity index (χ4n) is 3.66. The molecule has 1 aromatic heterocycles. The smallest absolute Gasteiger partial charge is 0.475 e. The van der Waals surface area contributed by atoms with Gasteiger partial charge in [-0.1, -0.05) is 6.07 Å². The van der Waals surface area contributed by atoms with Gasteiger partial charge >= 0.3 is 12.1 Å². The van der Waals surface area contributed by atoms with Crippen molar-refractivity contribution in [3.05, 3.63) is 41.2 Å². The number of carboxylic acids is 1. The number of carboxylic acid groups (broad SMARTS) is 1. The van der Waals surface area contributed by atoms with Crippen molar-refractivity contribution in [2.24, 2.45) is 0 Å². The molecule has 8 nitrogen and oxygen atoms in total. The average Bonchev–Trinajstić information content (AvgIpc) is 3.34. The van der Waals surface area contributed by atoms with Crippen LogP contribution in [0.5, 0.6) is 11.5 Å². The molecular formula is C20H24F3N3O5. The van der Waals surface area contributed by atoms with Crippen LogP contribution in [0.3, 0.4) is 0 Å². The van der Waals surface area contributed by atoms with E-state index in [1.165, 1.54) is 16.8 Å². The quantitative estimate of drug-likeness (QED) is 0.760. The molecule has 2 aliphatic heterocycles. The van der Waals surface area contributed by atoms with Gasteiger partial charge in [0.25, 0.3) is 0 Å². The fourth-order valence-corrected chi connectivity index (χ4v) is 3.66. The normalized spacial score (nSPS) is 17.6. The number of benzene rings is 1. The van der Waals surface area contributed by atoms with Crippen molar-refractivity contribution in [3.8, 4) is 11.5 Å². The maximum absolute atomic E-state index is 10.6. The molecule has 4 rings (SSSR count). The van der Waals surface area contributed by atoms with Gasteiger partial charge in [-0.25, -0.2) is 4.79 Å². The highest BCUT2D eigenvalue weighted by atomic mass is 19.4. The molecule has 0 fully saturated rings. The summed E-state index contributed by atoms with van der Waals surface area (Å²) >= 11 is 0. The predicted molar refractivity (Wildman–Crippen MR) is 103 cm³/mol. The summed E-state index contributed by atoms with van der Waals surface area (Å²) in [5.74, 6) is -0.709. The van der Waals surface area contributed by atoms with Gasteiger partial charge in [-0.3, -0.25) is 9.58 Å². The first-order chi connectivity index (χ1) is 14.7. The molecule has 0 saturated carbocycles. The van der Waals surface area contributed by atoms with Crippen LogP contribution in [-0.2, 0) is 29.2 Å². The third-order valence-electron chi connectivity index (χ3n) is 5.03. The van der Waals surface area contributed by atoms with E-state index in [1.54, 1.807) is 7.11 Å². The van der Waals surface area contributed by atoms with Gasteiger partial charge in [0.1, 0.15) is 0 Å². The molecule has 3 heterocycles. The molecule has 1 aromatic carbocycles. The van der Waals surface area contributed by atoms with Gasteiger partial charge in [0.2, 0.25) is 6.79 Å². The minimum atomic E-state index is -5.08. The van der Waals surface area contributed by atoms with Crippen molar-refractivity contribution in [1.29, 1.82) is 0 Å². The fraction of sp³-hybridized carbons (Fsp3) is 0.500. The summed E-state index contributed by atoms with van der Waals surface area (Å²) in [4.78, 5) is 11.4. The molecule has 2 aliphatic rings. The van der Waals surface area contributed by atoms with Gasteiger partial charge in [0, 0.05) is 44.8 Å². The minimum Gasteiger partial charge on any atom is -0.475 e. The Morgan fingerprint density at radius 2 is 2.03 bits per heavy atom. The molecular weight excluding hydrogens is 419 g/mol. The second-order valence-corrected chi connectivity index (χ2v) is 7.17. The van der Waals surface area contributed by atoms with Crippen LogP contribution in [0.25, 0.3) is 0 Å². The van der Waals surface area contributed by atoms with Crippen molar-refractivity contribution in [2.75, 3.05) is 27.1 Å². The maximum Gasteiger partial charge on any atom is 0.490 e. The van der Waals surface area contributed by atoms with Gasteiger partial charge in [-0.05, 0) is 24.6 Å². The van der Waals surface area contributed by atoms with Crippen molar-refractivity contribution >= 4 is 5.97 Å². The summed E-state index contributed by atoms with van der Waals surface area (Å²) < 4.78 is 50.2. The molecule has 2 aromatic rings. The Hall–Kier alpha value is -2.79. The number of rotatable bonds is 5. The van der Waals surface area contributed by atoms with E-state index in [1.807, 2.05) is 12.3 Å². The van der Waals surface area contributed by atoms with Gasteiger partial charge in [-0.2, -0.15) is 18.3 Å².